The van der Waals surface area contributed by atoms with Gasteiger partial charge in [0.05, 0.1) is 12.5 Å². The first kappa shape index (κ1) is 14.9. The summed E-state index contributed by atoms with van der Waals surface area (Å²) in [5.41, 5.74) is 0.395. The molecule has 0 aliphatic heterocycles. The molecule has 1 aliphatic carbocycles. The molecule has 0 spiro atoms. The Hall–Kier alpha value is -1.55. The van der Waals surface area contributed by atoms with Crippen molar-refractivity contribution >= 4 is 5.91 Å². The van der Waals surface area contributed by atoms with E-state index in [-0.39, 0.29) is 29.6 Å². The predicted octanol–water partition coefficient (Wildman–Crippen LogP) is 1.99. The molecule has 2 unspecified atom stereocenters. The lowest BCUT2D eigenvalue weighted by Gasteiger charge is -2.38. The molecule has 2 rings (SSSR count). The zero-order valence-corrected chi connectivity index (χ0v) is 11.9. The van der Waals surface area contributed by atoms with Crippen molar-refractivity contribution < 1.29 is 15.0 Å². The van der Waals surface area contributed by atoms with Crippen LogP contribution in [0.4, 0.5) is 0 Å². The molecule has 0 heterocycles. The van der Waals surface area contributed by atoms with E-state index in [0.717, 1.165) is 25.7 Å². The van der Waals surface area contributed by atoms with Crippen molar-refractivity contribution in [3.05, 3.63) is 29.8 Å². The number of aromatic hydroxyl groups is 1. The normalized spacial score (nSPS) is 26.2. The Morgan fingerprint density at radius 1 is 1.40 bits per heavy atom. The van der Waals surface area contributed by atoms with Crippen LogP contribution in [-0.4, -0.2) is 28.8 Å². The minimum Gasteiger partial charge on any atom is -0.508 e. The number of benzene rings is 1. The summed E-state index contributed by atoms with van der Waals surface area (Å²) in [6, 6.07) is 6.85. The molecule has 1 aliphatic rings. The maximum absolute atomic E-state index is 12.0. The average Bonchev–Trinajstić information content (AvgIpc) is 2.43. The number of rotatable bonds is 4. The topological polar surface area (TPSA) is 69.6 Å². The number of phenolic OH excluding ortho intramolecular Hbond substituents is 1. The van der Waals surface area contributed by atoms with E-state index in [4.69, 9.17) is 0 Å². The van der Waals surface area contributed by atoms with Crippen LogP contribution in [0.15, 0.2) is 24.3 Å². The highest BCUT2D eigenvalue weighted by molar-refractivity contribution is 5.79. The van der Waals surface area contributed by atoms with E-state index in [1.165, 1.54) is 0 Å². The number of hydrogen-bond acceptors (Lipinski definition) is 3. The molecule has 1 aromatic rings. The van der Waals surface area contributed by atoms with Crippen molar-refractivity contribution in [2.45, 2.75) is 45.1 Å². The summed E-state index contributed by atoms with van der Waals surface area (Å²) in [7, 11) is 0. The largest absolute Gasteiger partial charge is 0.508 e. The van der Waals surface area contributed by atoms with Gasteiger partial charge in [0.15, 0.2) is 0 Å². The van der Waals surface area contributed by atoms with Crippen LogP contribution in [-0.2, 0) is 11.2 Å². The lowest BCUT2D eigenvalue weighted by Crippen LogP contribution is -2.45. The summed E-state index contributed by atoms with van der Waals surface area (Å²) in [6.45, 7) is 2.51. The lowest BCUT2D eigenvalue weighted by atomic mass is 9.73. The molecule has 1 aromatic carbocycles. The van der Waals surface area contributed by atoms with Crippen LogP contribution in [0.25, 0.3) is 0 Å². The summed E-state index contributed by atoms with van der Waals surface area (Å²) >= 11 is 0. The third kappa shape index (κ3) is 3.51. The Morgan fingerprint density at radius 2 is 2.15 bits per heavy atom. The van der Waals surface area contributed by atoms with E-state index in [0.29, 0.717) is 12.1 Å². The minimum atomic E-state index is -0.346. The molecule has 0 saturated heterocycles. The second kappa shape index (κ2) is 6.27. The van der Waals surface area contributed by atoms with Gasteiger partial charge in [-0.05, 0) is 18.9 Å². The zero-order chi connectivity index (χ0) is 14.6. The molecule has 4 heteroatoms. The van der Waals surface area contributed by atoms with E-state index in [2.05, 4.69) is 5.32 Å². The number of amides is 1. The Bertz CT molecular complexity index is 475. The van der Waals surface area contributed by atoms with Gasteiger partial charge in [0, 0.05) is 17.5 Å². The average molecular weight is 277 g/mol. The number of carbonyl (C=O) groups is 1. The van der Waals surface area contributed by atoms with Crippen LogP contribution < -0.4 is 5.32 Å². The monoisotopic (exact) mass is 277 g/mol. The summed E-state index contributed by atoms with van der Waals surface area (Å²) in [5, 5.41) is 22.6. The minimum absolute atomic E-state index is 0.120. The molecule has 3 N–H and O–H groups in total. The third-order valence-corrected chi connectivity index (χ3v) is 4.31. The van der Waals surface area contributed by atoms with Gasteiger partial charge in [0.2, 0.25) is 5.91 Å². The van der Waals surface area contributed by atoms with Gasteiger partial charge in [0.1, 0.15) is 5.75 Å². The molecule has 4 nitrogen and oxygen atoms in total. The van der Waals surface area contributed by atoms with Gasteiger partial charge in [-0.15, -0.1) is 0 Å². The molecule has 20 heavy (non-hydrogen) atoms. The van der Waals surface area contributed by atoms with E-state index in [9.17, 15) is 15.0 Å². The number of nitrogens with one attached hydrogen (secondary N) is 1. The second-order valence-corrected chi connectivity index (χ2v) is 6.00. The maximum Gasteiger partial charge on any atom is 0.224 e. The number of aliphatic hydroxyl groups is 1. The number of hydrogen-bond donors (Lipinski definition) is 3. The highest BCUT2D eigenvalue weighted by Crippen LogP contribution is 2.35. The van der Waals surface area contributed by atoms with Gasteiger partial charge in [-0.25, -0.2) is 0 Å². The van der Waals surface area contributed by atoms with Gasteiger partial charge >= 0.3 is 0 Å². The van der Waals surface area contributed by atoms with Crippen LogP contribution in [0, 0.1) is 5.41 Å². The first-order chi connectivity index (χ1) is 9.51. The van der Waals surface area contributed by atoms with Crippen molar-refractivity contribution in [2.24, 2.45) is 5.41 Å². The Kier molecular flexibility index (Phi) is 4.65. The summed E-state index contributed by atoms with van der Waals surface area (Å²) in [4.78, 5) is 12.0. The Morgan fingerprint density at radius 3 is 2.85 bits per heavy atom. The molecule has 0 aromatic heterocycles. The quantitative estimate of drug-likeness (QED) is 0.788. The van der Waals surface area contributed by atoms with Crippen LogP contribution in [0.5, 0.6) is 5.75 Å². The molecule has 2 atom stereocenters. The molecule has 110 valence electrons. The highest BCUT2D eigenvalue weighted by Gasteiger charge is 2.35. The van der Waals surface area contributed by atoms with Crippen molar-refractivity contribution in [2.75, 3.05) is 6.54 Å². The fourth-order valence-corrected chi connectivity index (χ4v) is 2.78. The van der Waals surface area contributed by atoms with Gasteiger partial charge < -0.3 is 15.5 Å². The molecule has 1 saturated carbocycles. The van der Waals surface area contributed by atoms with Crippen LogP contribution in [0.2, 0.25) is 0 Å². The predicted molar refractivity (Wildman–Crippen MR) is 77.4 cm³/mol. The molecular weight excluding hydrogens is 254 g/mol. The summed E-state index contributed by atoms with van der Waals surface area (Å²) in [5.74, 6) is 0.0251. The van der Waals surface area contributed by atoms with Crippen molar-refractivity contribution in [1.29, 1.82) is 0 Å². The van der Waals surface area contributed by atoms with Crippen LogP contribution >= 0.6 is 0 Å². The summed E-state index contributed by atoms with van der Waals surface area (Å²) in [6.07, 6.45) is 3.72. The number of phenols is 1. The number of para-hydroxylation sites is 1. The molecular formula is C16H23NO3. The standard InChI is InChI=1S/C16H23NO3/c1-16(9-5-4-8-14(16)19)11-17-15(20)10-12-6-2-3-7-13(12)18/h2-3,6-7,14,18-19H,4-5,8-11H2,1H3,(H,17,20). The summed E-state index contributed by atoms with van der Waals surface area (Å²) < 4.78 is 0. The van der Waals surface area contributed by atoms with E-state index < -0.39 is 0 Å². The number of carbonyl (C=O) groups excluding carboxylic acids is 1. The SMILES string of the molecule is CC1(CNC(=O)Cc2ccccc2O)CCCCC1O. The third-order valence-electron chi connectivity index (χ3n) is 4.31. The first-order valence-electron chi connectivity index (χ1n) is 7.23. The van der Waals surface area contributed by atoms with Crippen molar-refractivity contribution in [3.8, 4) is 5.75 Å². The van der Waals surface area contributed by atoms with Gasteiger partial charge in [0.25, 0.3) is 0 Å². The van der Waals surface area contributed by atoms with Crippen molar-refractivity contribution in [3.63, 3.8) is 0 Å². The molecule has 0 bridgehead atoms. The highest BCUT2D eigenvalue weighted by atomic mass is 16.3. The van der Waals surface area contributed by atoms with Gasteiger partial charge in [-0.3, -0.25) is 4.79 Å². The maximum atomic E-state index is 12.0. The first-order valence-corrected chi connectivity index (χ1v) is 7.23. The van der Waals surface area contributed by atoms with Gasteiger partial charge in [-0.2, -0.15) is 0 Å². The lowest BCUT2D eigenvalue weighted by molar-refractivity contribution is -0.121. The molecule has 0 radical (unpaired) electrons. The number of aliphatic hydroxyl groups excluding tert-OH is 1. The van der Waals surface area contributed by atoms with E-state index in [1.807, 2.05) is 6.92 Å². The second-order valence-electron chi connectivity index (χ2n) is 6.00. The van der Waals surface area contributed by atoms with E-state index >= 15 is 0 Å². The van der Waals surface area contributed by atoms with Crippen molar-refractivity contribution in [1.82, 2.24) is 5.32 Å². The smallest absolute Gasteiger partial charge is 0.224 e. The fourth-order valence-electron chi connectivity index (χ4n) is 2.78. The molecule has 1 fully saturated rings. The zero-order valence-electron chi connectivity index (χ0n) is 11.9. The Labute approximate surface area is 119 Å². The molecule has 1 amide bonds. The fraction of sp³-hybridized carbons (Fsp3) is 0.562. The van der Waals surface area contributed by atoms with E-state index in [1.54, 1.807) is 24.3 Å². The van der Waals surface area contributed by atoms with Crippen LogP contribution in [0.1, 0.15) is 38.2 Å². The Balaban J connectivity index is 1.88. The van der Waals surface area contributed by atoms with Gasteiger partial charge in [-0.1, -0.05) is 38.0 Å². The van der Waals surface area contributed by atoms with Crippen LogP contribution in [0.3, 0.4) is 0 Å².